The maximum absolute atomic E-state index is 15.9. The van der Waals surface area contributed by atoms with Gasteiger partial charge in [0.2, 0.25) is 5.91 Å². The molecule has 0 aromatic heterocycles. The highest BCUT2D eigenvalue weighted by atomic mass is 35.5. The van der Waals surface area contributed by atoms with Gasteiger partial charge in [0.25, 0.3) is 0 Å². The molecule has 6 unspecified atom stereocenters. The zero-order chi connectivity index (χ0) is 35.3. The maximum Gasteiger partial charge on any atom is 0.246 e. The topological polar surface area (TPSA) is 110 Å². The molecule has 9 nitrogen and oxygen atoms in total. The first kappa shape index (κ1) is 37.8. The van der Waals surface area contributed by atoms with Crippen LogP contribution in [0.15, 0.2) is 35.7 Å². The van der Waals surface area contributed by atoms with E-state index in [1.54, 1.807) is 16.7 Å². The van der Waals surface area contributed by atoms with E-state index in [2.05, 4.69) is 46.5 Å². The van der Waals surface area contributed by atoms with Crippen LogP contribution in [-0.2, 0) is 20.7 Å². The van der Waals surface area contributed by atoms with Gasteiger partial charge in [-0.2, -0.15) is 5.26 Å². The molecule has 3 aliphatic heterocycles. The molecule has 2 saturated heterocycles. The quantitative estimate of drug-likeness (QED) is 0.147. The van der Waals surface area contributed by atoms with Crippen LogP contribution in [0.4, 0.5) is 0 Å². The van der Waals surface area contributed by atoms with Crippen LogP contribution < -0.4 is 16.0 Å². The molecule has 2 saturated carbocycles. The van der Waals surface area contributed by atoms with Gasteiger partial charge in [-0.05, 0) is 101 Å². The summed E-state index contributed by atoms with van der Waals surface area (Å²) in [5.41, 5.74) is 0.406. The predicted molar refractivity (Wildman–Crippen MR) is 200 cm³/mol. The molecule has 2 aliphatic carbocycles. The first-order valence-electron chi connectivity index (χ1n) is 19.1. The number of rotatable bonds is 11. The number of amides is 1. The Labute approximate surface area is 308 Å². The van der Waals surface area contributed by atoms with Crippen molar-refractivity contribution < 1.29 is 14.3 Å². The fraction of sp³-hybridized carbons (Fsp3) is 0.718. The van der Waals surface area contributed by atoms with Crippen molar-refractivity contribution in [2.45, 2.75) is 124 Å². The summed E-state index contributed by atoms with van der Waals surface area (Å²) in [5, 5.41) is 21.7. The van der Waals surface area contributed by atoms with Crippen LogP contribution in [-0.4, -0.2) is 90.2 Å². The fourth-order valence-corrected chi connectivity index (χ4v) is 11.7. The van der Waals surface area contributed by atoms with Crippen molar-refractivity contribution in [2.24, 2.45) is 17.8 Å². The second-order valence-corrected chi connectivity index (χ2v) is 17.2. The number of carbonyl (C=O) groups excluding carboxylic acids is 2. The highest BCUT2D eigenvalue weighted by Gasteiger charge is 2.66. The van der Waals surface area contributed by atoms with Gasteiger partial charge in [-0.15, -0.1) is 11.8 Å². The number of carbonyl (C=O) groups is 2. The average Bonchev–Trinajstić information content (AvgIpc) is 3.42. The number of fused-ring (bicyclic) bond motifs is 2. The molecule has 4 fully saturated rings. The van der Waals surface area contributed by atoms with Crippen LogP contribution in [0.1, 0.15) is 89.5 Å². The number of Topliss-reactive ketones (excluding diaryl/α,β-unsaturated/α-hetero) is 1. The van der Waals surface area contributed by atoms with Gasteiger partial charge < -0.3 is 15.0 Å². The molecule has 6 rings (SSSR count). The summed E-state index contributed by atoms with van der Waals surface area (Å²) in [6, 6.07) is 8.21. The zero-order valence-corrected chi connectivity index (χ0v) is 31.6. The number of nitrogens with one attached hydrogen (secondary N) is 3. The van der Waals surface area contributed by atoms with Crippen molar-refractivity contribution in [1.29, 1.82) is 5.26 Å². The lowest BCUT2D eigenvalue weighted by Gasteiger charge is -2.62. The van der Waals surface area contributed by atoms with Crippen molar-refractivity contribution in [3.8, 4) is 6.07 Å². The number of ketones is 1. The number of hydrogen-bond donors (Lipinski definition) is 3. The Hall–Kier alpha value is -1.97. The standard InChI is InChI=1S/C39H57ClN6O3S/c1-4-34(47)46-24-23-45(25-29(46)18-21-41)35-31-17-20-38(19-16-30-32(40)14-9-15-33(30)50-38)36(48)39(31,28-12-7-5-6-8-13-28)44-37(43-35)49-26-27(2)11-10-22-42-3/h4,9,14-15,27-29,31,35,37,42-44H,1,5-8,10-13,16-20,22-26H2,2-3H3/t27?,29?,31?,35?,37?,38-,39?/m1/s1. The maximum atomic E-state index is 15.9. The molecule has 3 heterocycles. The first-order chi connectivity index (χ1) is 24.3. The summed E-state index contributed by atoms with van der Waals surface area (Å²) < 4.78 is 6.23. The van der Waals surface area contributed by atoms with E-state index in [0.29, 0.717) is 37.9 Å². The van der Waals surface area contributed by atoms with E-state index in [0.717, 1.165) is 80.7 Å². The Morgan fingerprint density at radius 3 is 2.78 bits per heavy atom. The van der Waals surface area contributed by atoms with Crippen molar-refractivity contribution in [1.82, 2.24) is 25.8 Å². The monoisotopic (exact) mass is 724 g/mol. The molecule has 274 valence electrons. The van der Waals surface area contributed by atoms with E-state index in [1.807, 2.05) is 19.2 Å². The van der Waals surface area contributed by atoms with Crippen LogP contribution in [0.2, 0.25) is 5.02 Å². The van der Waals surface area contributed by atoms with Crippen LogP contribution >= 0.6 is 23.4 Å². The lowest BCUT2D eigenvalue weighted by Crippen LogP contribution is -2.82. The van der Waals surface area contributed by atoms with Gasteiger partial charge in [0.15, 0.2) is 12.1 Å². The molecule has 11 heteroatoms. The minimum absolute atomic E-state index is 0.0161. The van der Waals surface area contributed by atoms with Crippen LogP contribution in [0.5, 0.6) is 0 Å². The first-order valence-corrected chi connectivity index (χ1v) is 20.3. The van der Waals surface area contributed by atoms with E-state index in [9.17, 15) is 10.1 Å². The normalized spacial score (nSPS) is 32.8. The third-order valence-corrected chi connectivity index (χ3v) is 14.3. The smallest absolute Gasteiger partial charge is 0.246 e. The van der Waals surface area contributed by atoms with Crippen LogP contribution in [0.3, 0.4) is 0 Å². The molecular weight excluding hydrogens is 668 g/mol. The second-order valence-electron chi connectivity index (χ2n) is 15.4. The number of piperazine rings is 1. The number of hydrogen-bond acceptors (Lipinski definition) is 9. The second kappa shape index (κ2) is 16.8. The minimum Gasteiger partial charge on any atom is -0.350 e. The molecule has 3 N–H and O–H groups in total. The Balaban J connectivity index is 1.37. The van der Waals surface area contributed by atoms with Gasteiger partial charge in [-0.1, -0.05) is 56.9 Å². The summed E-state index contributed by atoms with van der Waals surface area (Å²) in [6.07, 6.45) is 13.1. The number of nitrogens with zero attached hydrogens (tertiary/aromatic N) is 3. The molecule has 7 atom stereocenters. The van der Waals surface area contributed by atoms with Gasteiger partial charge in [0, 0.05) is 35.5 Å². The SMILES string of the molecule is C=CC(=O)N1CCN(C2NC(OCC(C)CCCNC)NC3(C4CCCCCC4)C(=O)[C@@]4(CCc5c(Cl)cccc5S4)CCC23)CC1CC#N. The lowest BCUT2D eigenvalue weighted by molar-refractivity contribution is -0.169. The van der Waals surface area contributed by atoms with E-state index < -0.39 is 16.6 Å². The highest BCUT2D eigenvalue weighted by Crippen LogP contribution is 2.57. The molecule has 0 bridgehead atoms. The average molecular weight is 725 g/mol. The van der Waals surface area contributed by atoms with Gasteiger partial charge in [-0.25, -0.2) is 0 Å². The number of nitriles is 1. The van der Waals surface area contributed by atoms with Gasteiger partial charge in [0.05, 0.1) is 41.6 Å². The van der Waals surface area contributed by atoms with Crippen molar-refractivity contribution in [2.75, 3.05) is 39.8 Å². The number of ether oxygens (including phenoxy) is 1. The number of halogens is 1. The summed E-state index contributed by atoms with van der Waals surface area (Å²) in [4.78, 5) is 34.1. The van der Waals surface area contributed by atoms with E-state index in [-0.39, 0.29) is 36.4 Å². The summed E-state index contributed by atoms with van der Waals surface area (Å²) >= 11 is 8.45. The molecule has 5 aliphatic rings. The van der Waals surface area contributed by atoms with Crippen LogP contribution in [0, 0.1) is 29.1 Å². The largest absolute Gasteiger partial charge is 0.350 e. The Kier molecular flexibility index (Phi) is 12.7. The Bertz CT molecular complexity index is 1420. The van der Waals surface area contributed by atoms with E-state index in [4.69, 9.17) is 16.3 Å². The third kappa shape index (κ3) is 7.57. The summed E-state index contributed by atoms with van der Waals surface area (Å²) in [7, 11) is 1.99. The highest BCUT2D eigenvalue weighted by molar-refractivity contribution is 8.01. The van der Waals surface area contributed by atoms with Crippen molar-refractivity contribution in [3.05, 3.63) is 41.4 Å². The number of benzene rings is 1. The van der Waals surface area contributed by atoms with Gasteiger partial charge >= 0.3 is 0 Å². The fourth-order valence-electron chi connectivity index (χ4n) is 9.77. The molecular formula is C39H57ClN6O3S. The van der Waals surface area contributed by atoms with E-state index >= 15 is 4.79 Å². The minimum atomic E-state index is -0.763. The molecule has 1 aromatic carbocycles. The molecule has 1 amide bonds. The Morgan fingerprint density at radius 2 is 2.04 bits per heavy atom. The third-order valence-electron chi connectivity index (χ3n) is 12.3. The molecule has 1 aromatic rings. The van der Waals surface area contributed by atoms with E-state index in [1.165, 1.54) is 24.5 Å². The van der Waals surface area contributed by atoms with Gasteiger partial charge in [-0.3, -0.25) is 25.1 Å². The molecule has 0 radical (unpaired) electrons. The van der Waals surface area contributed by atoms with Gasteiger partial charge in [0.1, 0.15) is 0 Å². The lowest BCUT2D eigenvalue weighted by atomic mass is 9.57. The van der Waals surface area contributed by atoms with Crippen molar-refractivity contribution in [3.63, 3.8) is 0 Å². The molecule has 1 spiro atoms. The van der Waals surface area contributed by atoms with Crippen LogP contribution in [0.25, 0.3) is 0 Å². The Morgan fingerprint density at radius 1 is 1.24 bits per heavy atom. The number of thioether (sulfide) groups is 1. The predicted octanol–water partition coefficient (Wildman–Crippen LogP) is 5.87. The molecule has 50 heavy (non-hydrogen) atoms. The summed E-state index contributed by atoms with van der Waals surface area (Å²) in [5.74, 6) is 0.800. The van der Waals surface area contributed by atoms with Crippen molar-refractivity contribution >= 4 is 35.1 Å². The zero-order valence-electron chi connectivity index (χ0n) is 30.1. The summed E-state index contributed by atoms with van der Waals surface area (Å²) in [6.45, 7) is 9.27.